The molecule has 0 amide bonds. The number of aromatic carboxylic acids is 1. The molecule has 9 heteroatoms. The van der Waals surface area contributed by atoms with E-state index in [0.29, 0.717) is 5.75 Å². The summed E-state index contributed by atoms with van der Waals surface area (Å²) in [4.78, 5) is 10.7. The molecule has 1 rings (SSSR count). The van der Waals surface area contributed by atoms with Crippen molar-refractivity contribution in [3.8, 4) is 0 Å². The Labute approximate surface area is 131 Å². The number of halogens is 2. The first kappa shape index (κ1) is 17.6. The van der Waals surface area contributed by atoms with Crippen molar-refractivity contribution in [1.29, 1.82) is 0 Å². The second-order valence-electron chi connectivity index (χ2n) is 4.05. The van der Waals surface area contributed by atoms with Crippen LogP contribution in [0.3, 0.4) is 0 Å². The summed E-state index contributed by atoms with van der Waals surface area (Å²) in [5.41, 5.74) is -0.350. The van der Waals surface area contributed by atoms with Crippen molar-refractivity contribution in [3.05, 3.63) is 27.7 Å². The van der Waals surface area contributed by atoms with Crippen molar-refractivity contribution >= 4 is 51.0 Å². The van der Waals surface area contributed by atoms with E-state index in [1.807, 2.05) is 6.26 Å². The largest absolute Gasteiger partial charge is 0.478 e. The molecule has 112 valence electrons. The highest BCUT2D eigenvalue weighted by Gasteiger charge is 2.25. The molecule has 0 heterocycles. The van der Waals surface area contributed by atoms with Gasteiger partial charge < -0.3 is 5.11 Å². The van der Waals surface area contributed by atoms with Gasteiger partial charge in [0.25, 0.3) is 0 Å². The summed E-state index contributed by atoms with van der Waals surface area (Å²) in [6, 6.07) is 1.92. The Bertz CT molecular complexity index is 619. The van der Waals surface area contributed by atoms with Crippen LogP contribution in [-0.4, -0.2) is 37.5 Å². The van der Waals surface area contributed by atoms with Crippen LogP contribution in [0.2, 0.25) is 10.0 Å². The molecule has 0 aliphatic rings. The van der Waals surface area contributed by atoms with Crippen LogP contribution < -0.4 is 4.72 Å². The van der Waals surface area contributed by atoms with Crippen LogP contribution in [-0.2, 0) is 10.0 Å². The van der Waals surface area contributed by atoms with Gasteiger partial charge in [0.15, 0.2) is 0 Å². The predicted molar refractivity (Wildman–Crippen MR) is 81.6 cm³/mol. The van der Waals surface area contributed by atoms with Crippen LogP contribution in [0.4, 0.5) is 0 Å². The summed E-state index contributed by atoms with van der Waals surface area (Å²) in [6.45, 7) is 1.70. The molecular formula is C11H13Cl2NO4S2. The van der Waals surface area contributed by atoms with Crippen LogP contribution in [0.5, 0.6) is 0 Å². The smallest absolute Gasteiger partial charge is 0.337 e. The van der Waals surface area contributed by atoms with E-state index in [1.165, 1.54) is 11.8 Å². The molecule has 0 fully saturated rings. The van der Waals surface area contributed by atoms with Gasteiger partial charge in [-0.05, 0) is 25.3 Å². The van der Waals surface area contributed by atoms with E-state index in [9.17, 15) is 13.2 Å². The van der Waals surface area contributed by atoms with Gasteiger partial charge in [0.05, 0.1) is 10.6 Å². The zero-order valence-corrected chi connectivity index (χ0v) is 13.8. The molecule has 0 aliphatic carbocycles. The lowest BCUT2D eigenvalue weighted by molar-refractivity contribution is 0.0697. The number of carboxylic acids is 1. The lowest BCUT2D eigenvalue weighted by Gasteiger charge is -2.15. The summed E-state index contributed by atoms with van der Waals surface area (Å²) < 4.78 is 26.8. The second kappa shape index (κ2) is 7.00. The van der Waals surface area contributed by atoms with Crippen molar-refractivity contribution in [3.63, 3.8) is 0 Å². The molecule has 0 aromatic heterocycles. The number of hydrogen-bond donors (Lipinski definition) is 2. The molecule has 0 saturated heterocycles. The minimum absolute atomic E-state index is 0.00954. The maximum absolute atomic E-state index is 12.2. The molecule has 0 bridgehead atoms. The number of hydrogen-bond acceptors (Lipinski definition) is 4. The highest BCUT2D eigenvalue weighted by atomic mass is 35.5. The van der Waals surface area contributed by atoms with Gasteiger partial charge in [-0.2, -0.15) is 11.8 Å². The van der Waals surface area contributed by atoms with Crippen LogP contribution in [0.15, 0.2) is 17.0 Å². The summed E-state index contributed by atoms with van der Waals surface area (Å²) in [6.07, 6.45) is 1.85. The highest BCUT2D eigenvalue weighted by Crippen LogP contribution is 2.29. The van der Waals surface area contributed by atoms with E-state index >= 15 is 0 Å². The fourth-order valence-electron chi connectivity index (χ4n) is 1.53. The van der Waals surface area contributed by atoms with Crippen molar-refractivity contribution in [2.75, 3.05) is 12.0 Å². The van der Waals surface area contributed by atoms with Crippen molar-refractivity contribution in [2.45, 2.75) is 17.9 Å². The number of nitrogens with one attached hydrogen (secondary N) is 1. The van der Waals surface area contributed by atoms with E-state index in [1.54, 1.807) is 6.92 Å². The molecule has 1 aromatic carbocycles. The van der Waals surface area contributed by atoms with Gasteiger partial charge in [-0.25, -0.2) is 17.9 Å². The van der Waals surface area contributed by atoms with Gasteiger partial charge in [0.1, 0.15) is 4.90 Å². The lowest BCUT2D eigenvalue weighted by Crippen LogP contribution is -2.34. The first-order valence-electron chi connectivity index (χ1n) is 5.42. The third-order valence-corrected chi connectivity index (χ3v) is 5.48. The maximum atomic E-state index is 12.2. The minimum atomic E-state index is -3.93. The summed E-state index contributed by atoms with van der Waals surface area (Å²) in [5, 5.41) is 8.62. The fraction of sp³-hybridized carbons (Fsp3) is 0.364. The van der Waals surface area contributed by atoms with Crippen molar-refractivity contribution in [2.24, 2.45) is 0 Å². The number of carbonyl (C=O) groups is 1. The Kier molecular flexibility index (Phi) is 6.15. The van der Waals surface area contributed by atoms with Crippen LogP contribution in [0, 0.1) is 0 Å². The Morgan fingerprint density at radius 2 is 2.05 bits per heavy atom. The average Bonchev–Trinajstić information content (AvgIpc) is 2.30. The van der Waals surface area contributed by atoms with Crippen LogP contribution in [0.25, 0.3) is 0 Å². The van der Waals surface area contributed by atoms with E-state index in [4.69, 9.17) is 28.3 Å². The fourth-order valence-corrected chi connectivity index (χ4v) is 4.36. The highest BCUT2D eigenvalue weighted by molar-refractivity contribution is 7.98. The third-order valence-electron chi connectivity index (χ3n) is 2.30. The quantitative estimate of drug-likeness (QED) is 0.817. The van der Waals surface area contributed by atoms with Gasteiger partial charge in [0, 0.05) is 16.8 Å². The SMILES string of the molecule is CSCC(C)NS(=O)(=O)c1cc(Cl)cc(C(=O)O)c1Cl. The monoisotopic (exact) mass is 357 g/mol. The molecule has 5 nitrogen and oxygen atoms in total. The van der Waals surface area contributed by atoms with E-state index in [-0.39, 0.29) is 26.5 Å². The zero-order valence-electron chi connectivity index (χ0n) is 10.7. The molecule has 0 aliphatic heterocycles. The molecule has 2 N–H and O–H groups in total. The molecule has 1 atom stereocenters. The van der Waals surface area contributed by atoms with E-state index in [0.717, 1.165) is 12.1 Å². The summed E-state index contributed by atoms with van der Waals surface area (Å²) >= 11 is 13.1. The molecule has 20 heavy (non-hydrogen) atoms. The first-order valence-corrected chi connectivity index (χ1v) is 9.06. The molecule has 0 saturated carbocycles. The Hall–Kier alpha value is -0.470. The summed E-state index contributed by atoms with van der Waals surface area (Å²) in [5.74, 6) is -0.769. The van der Waals surface area contributed by atoms with Gasteiger partial charge in [-0.3, -0.25) is 0 Å². The van der Waals surface area contributed by atoms with Crippen molar-refractivity contribution in [1.82, 2.24) is 4.72 Å². The van der Waals surface area contributed by atoms with Gasteiger partial charge in [-0.1, -0.05) is 23.2 Å². The molecule has 1 unspecified atom stereocenters. The third kappa shape index (κ3) is 4.26. The molecular weight excluding hydrogens is 345 g/mol. The van der Waals surface area contributed by atoms with Gasteiger partial charge >= 0.3 is 5.97 Å². The number of sulfonamides is 1. The lowest BCUT2D eigenvalue weighted by atomic mass is 10.2. The number of carboxylic acid groups (broad SMARTS) is 1. The minimum Gasteiger partial charge on any atom is -0.478 e. The van der Waals surface area contributed by atoms with Crippen LogP contribution in [0.1, 0.15) is 17.3 Å². The van der Waals surface area contributed by atoms with E-state index < -0.39 is 16.0 Å². The number of thioether (sulfide) groups is 1. The van der Waals surface area contributed by atoms with Gasteiger partial charge in [0.2, 0.25) is 10.0 Å². The number of rotatable bonds is 6. The summed E-state index contributed by atoms with van der Waals surface area (Å²) in [7, 11) is -3.93. The Balaban J connectivity index is 3.28. The second-order valence-corrected chi connectivity index (χ2v) is 7.46. The molecule has 0 spiro atoms. The first-order chi connectivity index (χ1) is 9.19. The zero-order chi connectivity index (χ0) is 15.5. The average molecular weight is 358 g/mol. The molecule has 0 radical (unpaired) electrons. The van der Waals surface area contributed by atoms with Crippen molar-refractivity contribution < 1.29 is 18.3 Å². The normalized spacial score (nSPS) is 13.2. The Morgan fingerprint density at radius 1 is 1.45 bits per heavy atom. The topological polar surface area (TPSA) is 83.5 Å². The molecule has 1 aromatic rings. The maximum Gasteiger partial charge on any atom is 0.337 e. The Morgan fingerprint density at radius 3 is 2.55 bits per heavy atom. The van der Waals surface area contributed by atoms with Crippen LogP contribution >= 0.6 is 35.0 Å². The number of benzene rings is 1. The van der Waals surface area contributed by atoms with E-state index in [2.05, 4.69) is 4.72 Å². The van der Waals surface area contributed by atoms with Gasteiger partial charge in [-0.15, -0.1) is 0 Å². The predicted octanol–water partition coefficient (Wildman–Crippen LogP) is 2.72. The standard InChI is InChI=1S/C11H13Cl2NO4S2/c1-6(5-19-2)14-20(17,18)9-4-7(12)3-8(10(9)13)11(15)16/h3-4,6,14H,5H2,1-2H3,(H,15,16).